The lowest BCUT2D eigenvalue weighted by atomic mass is 9.52. The molecular formula is C24H28N6O5S. The number of fused-ring (bicyclic) bond motifs is 1. The second kappa shape index (κ2) is 7.75. The predicted molar refractivity (Wildman–Crippen MR) is 130 cm³/mol. The first kappa shape index (κ1) is 22.2. The van der Waals surface area contributed by atoms with Gasteiger partial charge in [-0.15, -0.1) is 0 Å². The quantitative estimate of drug-likeness (QED) is 0.475. The molecule has 190 valence electrons. The minimum Gasteiger partial charge on any atom is -0.390 e. The summed E-state index contributed by atoms with van der Waals surface area (Å²) >= 11 is 0. The van der Waals surface area contributed by atoms with Crippen molar-refractivity contribution < 1.29 is 22.8 Å². The van der Waals surface area contributed by atoms with Crippen molar-refractivity contribution in [1.82, 2.24) is 25.0 Å². The van der Waals surface area contributed by atoms with Gasteiger partial charge in [0.1, 0.15) is 5.65 Å². The van der Waals surface area contributed by atoms with Crippen LogP contribution in [0.25, 0.3) is 22.5 Å². The molecule has 0 aromatic carbocycles. The van der Waals surface area contributed by atoms with E-state index in [4.69, 9.17) is 4.52 Å². The molecule has 3 aromatic rings. The number of nitrogens with one attached hydrogen (secondary N) is 2. The highest BCUT2D eigenvalue weighted by molar-refractivity contribution is 7.91. The maximum atomic E-state index is 12.9. The molecule has 1 saturated heterocycles. The molecule has 4 bridgehead atoms. The maximum Gasteiger partial charge on any atom is 0.295 e. The number of aromatic amines is 1. The molecule has 1 unspecified atom stereocenters. The number of hydrogen-bond acceptors (Lipinski definition) is 9. The Kier molecular flexibility index (Phi) is 4.79. The Bertz CT molecular complexity index is 1430. The second-order valence-corrected chi connectivity index (χ2v) is 13.3. The zero-order valence-corrected chi connectivity index (χ0v) is 20.5. The average molecular weight is 513 g/mol. The number of aromatic nitrogens is 4. The number of sulfone groups is 1. The molecule has 11 nitrogen and oxygen atoms in total. The van der Waals surface area contributed by atoms with E-state index in [9.17, 15) is 18.3 Å². The Labute approximate surface area is 207 Å². The second-order valence-electron chi connectivity index (χ2n) is 11.0. The van der Waals surface area contributed by atoms with Crippen molar-refractivity contribution in [2.75, 3.05) is 29.9 Å². The van der Waals surface area contributed by atoms with Crippen LogP contribution in [0.1, 0.15) is 42.7 Å². The molecule has 3 N–H and O–H groups in total. The third-order valence-corrected chi connectivity index (χ3v) is 10.2. The molecule has 5 atom stereocenters. The van der Waals surface area contributed by atoms with E-state index in [0.717, 1.165) is 48.8 Å². The molecule has 1 amide bonds. The molecule has 8 rings (SSSR count). The number of amides is 1. The average Bonchev–Trinajstić information content (AvgIpc) is 3.50. The molecule has 4 heterocycles. The van der Waals surface area contributed by atoms with Crippen LogP contribution in [0.5, 0.6) is 0 Å². The van der Waals surface area contributed by atoms with Gasteiger partial charge in [0.05, 0.1) is 28.4 Å². The summed E-state index contributed by atoms with van der Waals surface area (Å²) in [6.07, 6.45) is 8.31. The van der Waals surface area contributed by atoms with E-state index in [1.54, 1.807) is 6.20 Å². The monoisotopic (exact) mass is 512 g/mol. The first-order chi connectivity index (χ1) is 17.3. The maximum absolute atomic E-state index is 12.9. The third kappa shape index (κ3) is 3.61. The minimum atomic E-state index is -3.11. The van der Waals surface area contributed by atoms with Crippen molar-refractivity contribution in [3.63, 3.8) is 0 Å². The molecule has 5 aliphatic rings. The van der Waals surface area contributed by atoms with Gasteiger partial charge < -0.3 is 24.8 Å². The first-order valence-electron chi connectivity index (χ1n) is 12.6. The van der Waals surface area contributed by atoms with Crippen LogP contribution < -0.4 is 5.32 Å². The van der Waals surface area contributed by atoms with Crippen molar-refractivity contribution >= 4 is 32.5 Å². The van der Waals surface area contributed by atoms with Gasteiger partial charge in [0.25, 0.3) is 17.6 Å². The molecule has 1 aliphatic heterocycles. The highest BCUT2D eigenvalue weighted by atomic mass is 32.2. The van der Waals surface area contributed by atoms with Crippen molar-refractivity contribution in [3.8, 4) is 11.5 Å². The Morgan fingerprint density at radius 3 is 2.67 bits per heavy atom. The topological polar surface area (TPSA) is 154 Å². The highest BCUT2D eigenvalue weighted by Gasteiger charge is 2.54. The Morgan fingerprint density at radius 2 is 1.94 bits per heavy atom. The Hall–Kier alpha value is -2.99. The largest absolute Gasteiger partial charge is 0.390 e. The number of anilines is 1. The van der Waals surface area contributed by atoms with Crippen LogP contribution in [0.4, 0.5) is 5.69 Å². The van der Waals surface area contributed by atoms with Crippen molar-refractivity contribution in [2.45, 2.75) is 43.7 Å². The molecule has 4 aliphatic carbocycles. The van der Waals surface area contributed by atoms with Crippen LogP contribution in [-0.4, -0.2) is 80.7 Å². The lowest BCUT2D eigenvalue weighted by molar-refractivity contribution is -0.129. The smallest absolute Gasteiger partial charge is 0.295 e. The standard InChI is InChI=1S/C24H28N6O5S/c31-23(30-3-5-36(33,34)6-4-30)21-28-22(35-29-21)17-12-26-20-16(1-2-25-20)19(17)27-18-14-7-13-8-15(18)11-24(32,9-13)10-14/h1-2,12-15,18,32H,3-11H2,(H2,25,26,27)/t13?,14-,15+,18+,24-. The van der Waals surface area contributed by atoms with Crippen LogP contribution in [0.15, 0.2) is 23.0 Å². The van der Waals surface area contributed by atoms with Crippen LogP contribution in [0.3, 0.4) is 0 Å². The number of carbonyl (C=O) groups is 1. The van der Waals surface area contributed by atoms with Gasteiger partial charge in [-0.05, 0) is 55.9 Å². The van der Waals surface area contributed by atoms with Crippen LogP contribution in [0, 0.1) is 17.8 Å². The van der Waals surface area contributed by atoms with Gasteiger partial charge in [-0.1, -0.05) is 5.16 Å². The number of H-pyrrole nitrogens is 1. The summed E-state index contributed by atoms with van der Waals surface area (Å²) in [5.41, 5.74) is 1.66. The van der Waals surface area contributed by atoms with Crippen LogP contribution >= 0.6 is 0 Å². The molecule has 5 fully saturated rings. The van der Waals surface area contributed by atoms with E-state index in [-0.39, 0.29) is 42.4 Å². The fraction of sp³-hybridized carbons (Fsp3) is 0.583. The summed E-state index contributed by atoms with van der Waals surface area (Å²) < 4.78 is 29.0. The number of nitrogens with zero attached hydrogens (tertiary/aromatic N) is 4. The normalized spacial score (nSPS) is 32.8. The van der Waals surface area contributed by atoms with E-state index in [1.807, 2.05) is 12.3 Å². The highest BCUT2D eigenvalue weighted by Crippen LogP contribution is 2.56. The third-order valence-electron chi connectivity index (χ3n) is 8.62. The van der Waals surface area contributed by atoms with Gasteiger partial charge in [-0.3, -0.25) is 4.79 Å². The minimum absolute atomic E-state index is 0.0642. The Morgan fingerprint density at radius 1 is 1.19 bits per heavy atom. The lowest BCUT2D eigenvalue weighted by Crippen LogP contribution is -2.59. The van der Waals surface area contributed by atoms with Crippen molar-refractivity contribution in [3.05, 3.63) is 24.3 Å². The van der Waals surface area contributed by atoms with E-state index >= 15 is 0 Å². The molecular weight excluding hydrogens is 484 g/mol. The number of aliphatic hydroxyl groups is 1. The summed E-state index contributed by atoms with van der Waals surface area (Å²) in [7, 11) is -3.11. The molecule has 3 aromatic heterocycles. The predicted octanol–water partition coefficient (Wildman–Crippen LogP) is 1.83. The molecule has 36 heavy (non-hydrogen) atoms. The Balaban J connectivity index is 1.20. The van der Waals surface area contributed by atoms with E-state index in [0.29, 0.717) is 23.3 Å². The van der Waals surface area contributed by atoms with E-state index in [2.05, 4.69) is 25.4 Å². The van der Waals surface area contributed by atoms with E-state index in [1.165, 1.54) is 4.90 Å². The summed E-state index contributed by atoms with van der Waals surface area (Å²) in [6.45, 7) is 0.235. The first-order valence-corrected chi connectivity index (χ1v) is 14.4. The summed E-state index contributed by atoms with van der Waals surface area (Å²) in [6, 6.07) is 2.18. The fourth-order valence-corrected chi connectivity index (χ4v) is 8.39. The molecule has 0 radical (unpaired) electrons. The lowest BCUT2D eigenvalue weighted by Gasteiger charge is -2.58. The van der Waals surface area contributed by atoms with Gasteiger partial charge in [-0.25, -0.2) is 13.4 Å². The number of pyridine rings is 1. The fourth-order valence-electron chi connectivity index (χ4n) is 7.19. The zero-order chi connectivity index (χ0) is 24.7. The summed E-state index contributed by atoms with van der Waals surface area (Å²) in [5.74, 6) is 0.905. The SMILES string of the molecule is O=C(c1noc(-c2cnc3[nH]ccc3c2N[C@H]2[C@@H]3CC4C[C@H]2C[C@@](O)(C4)C3)n1)N1CCS(=O)(=O)CC1. The van der Waals surface area contributed by atoms with Gasteiger partial charge in [0.2, 0.25) is 0 Å². The summed E-state index contributed by atoms with van der Waals surface area (Å²) in [4.78, 5) is 26.4. The van der Waals surface area contributed by atoms with Gasteiger partial charge in [0, 0.05) is 36.9 Å². The summed E-state index contributed by atoms with van der Waals surface area (Å²) in [5, 5.41) is 19.6. The van der Waals surface area contributed by atoms with Gasteiger partial charge in [-0.2, -0.15) is 4.98 Å². The van der Waals surface area contributed by atoms with Gasteiger partial charge in [0.15, 0.2) is 9.84 Å². The van der Waals surface area contributed by atoms with Crippen LogP contribution in [-0.2, 0) is 9.84 Å². The molecule has 12 heteroatoms. The van der Waals surface area contributed by atoms with Crippen LogP contribution in [0.2, 0.25) is 0 Å². The molecule has 4 saturated carbocycles. The molecule has 0 spiro atoms. The van der Waals surface area contributed by atoms with Gasteiger partial charge >= 0.3 is 0 Å². The van der Waals surface area contributed by atoms with Crippen molar-refractivity contribution in [2.24, 2.45) is 17.8 Å². The van der Waals surface area contributed by atoms with Crippen molar-refractivity contribution in [1.29, 1.82) is 0 Å². The number of hydrogen-bond donors (Lipinski definition) is 3. The zero-order valence-electron chi connectivity index (χ0n) is 19.7. The number of rotatable bonds is 4. The number of carbonyl (C=O) groups excluding carboxylic acids is 1. The van der Waals surface area contributed by atoms with E-state index < -0.39 is 21.3 Å².